The molecule has 1 aromatic heterocycles. The number of nitrogens with zero attached hydrogens (tertiary/aromatic N) is 2. The maximum atomic E-state index is 9.11. The van der Waals surface area contributed by atoms with Crippen LogP contribution in [0.15, 0.2) is 54.7 Å². The molecule has 3 heteroatoms. The minimum Gasteiger partial charge on any atom is -0.343 e. The maximum Gasteiger partial charge on any atom is 0.0991 e. The summed E-state index contributed by atoms with van der Waals surface area (Å²) in [6, 6.07) is 18.8. The van der Waals surface area contributed by atoms with E-state index >= 15 is 0 Å². The second-order valence-electron chi connectivity index (χ2n) is 6.57. The van der Waals surface area contributed by atoms with Crippen LogP contribution in [0.5, 0.6) is 0 Å². The molecule has 3 nitrogen and oxygen atoms in total. The third-order valence-electron chi connectivity index (χ3n) is 5.01. The van der Waals surface area contributed by atoms with E-state index in [-0.39, 0.29) is 0 Å². The van der Waals surface area contributed by atoms with E-state index < -0.39 is 0 Å². The molecular weight excluding hydrogens is 294 g/mol. The average Bonchev–Trinajstić information content (AvgIpc) is 3.01. The van der Waals surface area contributed by atoms with Crippen molar-refractivity contribution >= 4 is 10.9 Å². The SMILES string of the molecule is N#Cc1cccc(Cn2cc(C3CCNCC3)c3ccccc32)c1. The van der Waals surface area contributed by atoms with Gasteiger partial charge in [0.2, 0.25) is 0 Å². The number of para-hydroxylation sites is 1. The molecule has 3 aromatic rings. The lowest BCUT2D eigenvalue weighted by atomic mass is 9.90. The van der Waals surface area contributed by atoms with Gasteiger partial charge in [0.1, 0.15) is 0 Å². The Bertz CT molecular complexity index is 895. The largest absolute Gasteiger partial charge is 0.343 e. The fraction of sp³-hybridized carbons (Fsp3) is 0.286. The Morgan fingerprint density at radius 1 is 1.08 bits per heavy atom. The number of nitrogens with one attached hydrogen (secondary N) is 1. The summed E-state index contributed by atoms with van der Waals surface area (Å²) in [6.07, 6.45) is 4.75. The highest BCUT2D eigenvalue weighted by Gasteiger charge is 2.20. The van der Waals surface area contributed by atoms with Crippen molar-refractivity contribution in [1.29, 1.82) is 5.26 Å². The van der Waals surface area contributed by atoms with Crippen molar-refractivity contribution < 1.29 is 0 Å². The third kappa shape index (κ3) is 2.81. The first-order chi connectivity index (χ1) is 11.8. The lowest BCUT2D eigenvalue weighted by molar-refractivity contribution is 0.461. The zero-order chi connectivity index (χ0) is 16.4. The van der Waals surface area contributed by atoms with E-state index in [1.165, 1.54) is 34.9 Å². The van der Waals surface area contributed by atoms with E-state index in [1.807, 2.05) is 18.2 Å². The van der Waals surface area contributed by atoms with Gasteiger partial charge in [0.05, 0.1) is 11.6 Å². The minimum absolute atomic E-state index is 0.642. The molecule has 0 atom stereocenters. The van der Waals surface area contributed by atoms with Crippen LogP contribution >= 0.6 is 0 Å². The van der Waals surface area contributed by atoms with Crippen LogP contribution in [0.3, 0.4) is 0 Å². The Hall–Kier alpha value is -2.57. The first kappa shape index (κ1) is 15.0. The number of piperidine rings is 1. The van der Waals surface area contributed by atoms with Gasteiger partial charge in [0.15, 0.2) is 0 Å². The Labute approximate surface area is 142 Å². The van der Waals surface area contributed by atoms with Crippen LogP contribution in [-0.2, 0) is 6.54 Å². The number of rotatable bonds is 3. The molecule has 0 amide bonds. The van der Waals surface area contributed by atoms with Crippen LogP contribution in [0, 0.1) is 11.3 Å². The predicted molar refractivity (Wildman–Crippen MR) is 97.0 cm³/mol. The zero-order valence-corrected chi connectivity index (χ0v) is 13.7. The maximum absolute atomic E-state index is 9.11. The number of hydrogen-bond acceptors (Lipinski definition) is 2. The Morgan fingerprint density at radius 3 is 2.75 bits per heavy atom. The fourth-order valence-electron chi connectivity index (χ4n) is 3.80. The van der Waals surface area contributed by atoms with E-state index in [4.69, 9.17) is 5.26 Å². The van der Waals surface area contributed by atoms with Gasteiger partial charge in [0.25, 0.3) is 0 Å². The van der Waals surface area contributed by atoms with Gasteiger partial charge in [-0.2, -0.15) is 5.26 Å². The van der Waals surface area contributed by atoms with Crippen LogP contribution in [-0.4, -0.2) is 17.7 Å². The Morgan fingerprint density at radius 2 is 1.92 bits per heavy atom. The van der Waals surface area contributed by atoms with Crippen molar-refractivity contribution in [1.82, 2.24) is 9.88 Å². The molecule has 1 aliphatic heterocycles. The Balaban J connectivity index is 1.74. The third-order valence-corrected chi connectivity index (χ3v) is 5.01. The molecule has 120 valence electrons. The van der Waals surface area contributed by atoms with Gasteiger partial charge in [-0.1, -0.05) is 30.3 Å². The summed E-state index contributed by atoms with van der Waals surface area (Å²) in [5.41, 5.74) is 4.66. The zero-order valence-electron chi connectivity index (χ0n) is 13.7. The van der Waals surface area contributed by atoms with E-state index in [0.717, 1.165) is 25.2 Å². The van der Waals surface area contributed by atoms with Gasteiger partial charge in [-0.25, -0.2) is 0 Å². The van der Waals surface area contributed by atoms with Crippen molar-refractivity contribution in [3.63, 3.8) is 0 Å². The molecule has 0 spiro atoms. The molecule has 0 aliphatic carbocycles. The van der Waals surface area contributed by atoms with Crippen LogP contribution in [0.4, 0.5) is 0 Å². The summed E-state index contributed by atoms with van der Waals surface area (Å²) in [5.74, 6) is 0.642. The molecule has 1 fully saturated rings. The molecule has 1 aliphatic rings. The van der Waals surface area contributed by atoms with Crippen molar-refractivity contribution in [2.24, 2.45) is 0 Å². The normalized spacial score (nSPS) is 15.5. The first-order valence-electron chi connectivity index (χ1n) is 8.62. The molecule has 0 radical (unpaired) electrons. The van der Waals surface area contributed by atoms with Crippen LogP contribution in [0.1, 0.15) is 35.4 Å². The van der Waals surface area contributed by atoms with Crippen LogP contribution < -0.4 is 5.32 Å². The number of aromatic nitrogens is 1. The number of fused-ring (bicyclic) bond motifs is 1. The topological polar surface area (TPSA) is 40.8 Å². The van der Waals surface area contributed by atoms with Gasteiger partial charge in [0, 0.05) is 23.6 Å². The predicted octanol–water partition coefficient (Wildman–Crippen LogP) is 4.03. The summed E-state index contributed by atoms with van der Waals surface area (Å²) < 4.78 is 2.34. The van der Waals surface area contributed by atoms with Crippen molar-refractivity contribution in [3.05, 3.63) is 71.4 Å². The molecule has 24 heavy (non-hydrogen) atoms. The highest BCUT2D eigenvalue weighted by Crippen LogP contribution is 2.33. The lowest BCUT2D eigenvalue weighted by Crippen LogP contribution is -2.26. The molecule has 0 saturated carbocycles. The summed E-state index contributed by atoms with van der Waals surface area (Å²) in [4.78, 5) is 0. The van der Waals surface area contributed by atoms with Crippen LogP contribution in [0.25, 0.3) is 10.9 Å². The van der Waals surface area contributed by atoms with E-state index in [1.54, 1.807) is 0 Å². The highest BCUT2D eigenvalue weighted by atomic mass is 15.0. The van der Waals surface area contributed by atoms with Gasteiger partial charge in [-0.05, 0) is 61.2 Å². The van der Waals surface area contributed by atoms with E-state index in [9.17, 15) is 0 Å². The first-order valence-corrected chi connectivity index (χ1v) is 8.62. The average molecular weight is 315 g/mol. The molecule has 1 saturated heterocycles. The van der Waals surface area contributed by atoms with Gasteiger partial charge in [-0.15, -0.1) is 0 Å². The van der Waals surface area contributed by atoms with Crippen molar-refractivity contribution in [3.8, 4) is 6.07 Å². The molecule has 4 rings (SSSR count). The number of hydrogen-bond donors (Lipinski definition) is 1. The minimum atomic E-state index is 0.642. The number of benzene rings is 2. The second kappa shape index (κ2) is 6.51. The van der Waals surface area contributed by atoms with Gasteiger partial charge in [-0.3, -0.25) is 0 Å². The molecule has 2 heterocycles. The fourth-order valence-corrected chi connectivity index (χ4v) is 3.80. The van der Waals surface area contributed by atoms with E-state index in [2.05, 4.69) is 52.5 Å². The molecule has 2 aromatic carbocycles. The van der Waals surface area contributed by atoms with Gasteiger partial charge < -0.3 is 9.88 Å². The van der Waals surface area contributed by atoms with Gasteiger partial charge >= 0.3 is 0 Å². The standard InChI is InChI=1S/C21H21N3/c22-13-16-4-3-5-17(12-16)14-24-15-20(18-8-10-23-11-9-18)19-6-1-2-7-21(19)24/h1-7,12,15,18,23H,8-11,14H2. The van der Waals surface area contributed by atoms with E-state index in [0.29, 0.717) is 5.92 Å². The molecule has 1 N–H and O–H groups in total. The molecule has 0 bridgehead atoms. The molecular formula is C21H21N3. The highest BCUT2D eigenvalue weighted by molar-refractivity contribution is 5.84. The summed E-state index contributed by atoms with van der Waals surface area (Å²) in [7, 11) is 0. The monoisotopic (exact) mass is 315 g/mol. The second-order valence-corrected chi connectivity index (χ2v) is 6.57. The Kier molecular flexibility index (Phi) is 4.06. The number of nitriles is 1. The van der Waals surface area contributed by atoms with Crippen molar-refractivity contribution in [2.45, 2.75) is 25.3 Å². The summed E-state index contributed by atoms with van der Waals surface area (Å²) >= 11 is 0. The van der Waals surface area contributed by atoms with Crippen molar-refractivity contribution in [2.75, 3.05) is 13.1 Å². The lowest BCUT2D eigenvalue weighted by Gasteiger charge is -2.22. The molecule has 0 unspecified atom stereocenters. The smallest absolute Gasteiger partial charge is 0.0991 e. The quantitative estimate of drug-likeness (QED) is 0.793. The summed E-state index contributed by atoms with van der Waals surface area (Å²) in [5, 5.41) is 13.9. The summed E-state index contributed by atoms with van der Waals surface area (Å²) in [6.45, 7) is 3.02. The van der Waals surface area contributed by atoms with Crippen LogP contribution in [0.2, 0.25) is 0 Å².